The molecule has 0 radical (unpaired) electrons. The second kappa shape index (κ2) is 5.87. The van der Waals surface area contributed by atoms with Crippen LogP contribution in [-0.4, -0.2) is 29.3 Å². The highest BCUT2D eigenvalue weighted by molar-refractivity contribution is 5.95. The molecule has 1 aliphatic rings. The smallest absolute Gasteiger partial charge is 0.290 e. The predicted molar refractivity (Wildman–Crippen MR) is 73.3 cm³/mol. The monoisotopic (exact) mass is 288 g/mol. The summed E-state index contributed by atoms with van der Waals surface area (Å²) >= 11 is 0. The van der Waals surface area contributed by atoms with Gasteiger partial charge in [-0.25, -0.2) is 0 Å². The Hall–Kier alpha value is -2.50. The van der Waals surface area contributed by atoms with Gasteiger partial charge in [-0.05, 0) is 37.1 Å². The molecule has 1 aliphatic heterocycles. The first-order valence-corrected chi connectivity index (χ1v) is 6.90. The van der Waals surface area contributed by atoms with Crippen molar-refractivity contribution in [3.63, 3.8) is 0 Å². The van der Waals surface area contributed by atoms with Crippen molar-refractivity contribution in [2.24, 2.45) is 0 Å². The summed E-state index contributed by atoms with van der Waals surface area (Å²) in [6.07, 6.45) is 4.49. The zero-order valence-electron chi connectivity index (χ0n) is 11.5. The molecular weight excluding hydrogens is 272 g/mol. The molecule has 6 nitrogen and oxygen atoms in total. The van der Waals surface area contributed by atoms with Crippen LogP contribution in [0.4, 0.5) is 0 Å². The van der Waals surface area contributed by atoms with Gasteiger partial charge in [-0.3, -0.25) is 9.59 Å². The van der Waals surface area contributed by atoms with Crippen molar-refractivity contribution >= 4 is 11.8 Å². The van der Waals surface area contributed by atoms with E-state index in [4.69, 9.17) is 8.83 Å². The van der Waals surface area contributed by atoms with Gasteiger partial charge < -0.3 is 19.1 Å². The molecule has 110 valence electrons. The van der Waals surface area contributed by atoms with E-state index < -0.39 is 6.04 Å². The summed E-state index contributed by atoms with van der Waals surface area (Å²) in [5, 5.41) is 2.80. The molecule has 1 fully saturated rings. The minimum atomic E-state index is -0.447. The average Bonchev–Trinajstić information content (AvgIpc) is 3.26. The third-order valence-corrected chi connectivity index (χ3v) is 3.57. The molecule has 2 amide bonds. The van der Waals surface area contributed by atoms with Crippen LogP contribution in [0.3, 0.4) is 0 Å². The molecular formula is C15H16N2O4. The van der Waals surface area contributed by atoms with Gasteiger partial charge in [0.05, 0.1) is 19.1 Å². The van der Waals surface area contributed by atoms with Crippen molar-refractivity contribution in [2.75, 3.05) is 6.54 Å². The highest BCUT2D eigenvalue weighted by Gasteiger charge is 2.35. The second-order valence-corrected chi connectivity index (χ2v) is 4.93. The van der Waals surface area contributed by atoms with Crippen LogP contribution in [0.15, 0.2) is 45.6 Å². The van der Waals surface area contributed by atoms with Crippen LogP contribution in [-0.2, 0) is 11.3 Å². The lowest BCUT2D eigenvalue weighted by Crippen LogP contribution is -2.45. The Labute approximate surface area is 121 Å². The molecule has 21 heavy (non-hydrogen) atoms. The molecule has 6 heteroatoms. The number of furan rings is 2. The largest absolute Gasteiger partial charge is 0.467 e. The summed E-state index contributed by atoms with van der Waals surface area (Å²) in [5.74, 6) is 0.547. The van der Waals surface area contributed by atoms with Gasteiger partial charge >= 0.3 is 0 Å². The van der Waals surface area contributed by atoms with E-state index in [1.807, 2.05) is 0 Å². The van der Waals surface area contributed by atoms with Gasteiger partial charge in [-0.15, -0.1) is 0 Å². The van der Waals surface area contributed by atoms with Gasteiger partial charge in [0.2, 0.25) is 5.91 Å². The van der Waals surface area contributed by atoms with Gasteiger partial charge in [-0.2, -0.15) is 0 Å². The molecule has 1 saturated heterocycles. The zero-order valence-corrected chi connectivity index (χ0v) is 11.5. The highest BCUT2D eigenvalue weighted by atomic mass is 16.3. The number of amides is 2. The quantitative estimate of drug-likeness (QED) is 0.930. The Morgan fingerprint density at radius 3 is 2.76 bits per heavy atom. The summed E-state index contributed by atoms with van der Waals surface area (Å²) in [5.41, 5.74) is 0. The number of rotatable bonds is 4. The van der Waals surface area contributed by atoms with E-state index in [0.717, 1.165) is 6.42 Å². The first-order valence-electron chi connectivity index (χ1n) is 6.90. The van der Waals surface area contributed by atoms with E-state index in [0.29, 0.717) is 25.3 Å². The lowest BCUT2D eigenvalue weighted by atomic mass is 10.2. The molecule has 0 spiro atoms. The van der Waals surface area contributed by atoms with Crippen molar-refractivity contribution in [1.29, 1.82) is 0 Å². The average molecular weight is 288 g/mol. The van der Waals surface area contributed by atoms with E-state index in [-0.39, 0.29) is 17.6 Å². The maximum atomic E-state index is 12.3. The van der Waals surface area contributed by atoms with Crippen LogP contribution in [0.25, 0.3) is 0 Å². The fourth-order valence-electron chi connectivity index (χ4n) is 2.53. The number of hydrogen-bond acceptors (Lipinski definition) is 4. The fourth-order valence-corrected chi connectivity index (χ4v) is 2.53. The van der Waals surface area contributed by atoms with Crippen LogP contribution in [0.5, 0.6) is 0 Å². The third kappa shape index (κ3) is 2.84. The molecule has 2 aromatic rings. The topological polar surface area (TPSA) is 75.7 Å². The molecule has 3 heterocycles. The molecule has 1 atom stereocenters. The number of hydrogen-bond donors (Lipinski definition) is 1. The fraction of sp³-hybridized carbons (Fsp3) is 0.333. The molecule has 1 N–H and O–H groups in total. The van der Waals surface area contributed by atoms with Crippen LogP contribution < -0.4 is 5.32 Å². The SMILES string of the molecule is O=C(NCc1ccco1)C1CCCN1C(=O)c1ccco1. The standard InChI is InChI=1S/C15H16N2O4/c18-14(16-10-11-4-2-8-20-11)12-5-1-7-17(12)15(19)13-6-3-9-21-13/h2-4,6,8-9,12H,1,5,7,10H2,(H,16,18). The number of nitrogens with one attached hydrogen (secondary N) is 1. The number of likely N-dealkylation sites (tertiary alicyclic amines) is 1. The van der Waals surface area contributed by atoms with Crippen molar-refractivity contribution in [3.05, 3.63) is 48.3 Å². The van der Waals surface area contributed by atoms with E-state index in [2.05, 4.69) is 5.32 Å². The Balaban J connectivity index is 1.63. The summed E-state index contributed by atoms with van der Waals surface area (Å²) in [4.78, 5) is 26.1. The van der Waals surface area contributed by atoms with Crippen LogP contribution in [0.2, 0.25) is 0 Å². The second-order valence-electron chi connectivity index (χ2n) is 4.93. The lowest BCUT2D eigenvalue weighted by molar-refractivity contribution is -0.125. The maximum Gasteiger partial charge on any atom is 0.290 e. The van der Waals surface area contributed by atoms with Crippen molar-refractivity contribution in [1.82, 2.24) is 10.2 Å². The van der Waals surface area contributed by atoms with Gasteiger partial charge in [0, 0.05) is 6.54 Å². The van der Waals surface area contributed by atoms with Crippen LogP contribution in [0.1, 0.15) is 29.2 Å². The van der Waals surface area contributed by atoms with E-state index >= 15 is 0 Å². The summed E-state index contributed by atoms with van der Waals surface area (Å²) in [6, 6.07) is 6.38. The number of nitrogens with zero attached hydrogens (tertiary/aromatic N) is 1. The van der Waals surface area contributed by atoms with Gasteiger partial charge in [0.25, 0.3) is 5.91 Å². The predicted octanol–water partition coefficient (Wildman–Crippen LogP) is 1.79. The van der Waals surface area contributed by atoms with Crippen molar-refractivity contribution in [2.45, 2.75) is 25.4 Å². The molecule has 0 aromatic carbocycles. The van der Waals surface area contributed by atoms with E-state index in [9.17, 15) is 9.59 Å². The van der Waals surface area contributed by atoms with Crippen LogP contribution in [0, 0.1) is 0 Å². The number of carbonyl (C=O) groups excluding carboxylic acids is 2. The van der Waals surface area contributed by atoms with E-state index in [1.54, 1.807) is 35.4 Å². The highest BCUT2D eigenvalue weighted by Crippen LogP contribution is 2.20. The lowest BCUT2D eigenvalue weighted by Gasteiger charge is -2.22. The van der Waals surface area contributed by atoms with Crippen molar-refractivity contribution in [3.8, 4) is 0 Å². The maximum absolute atomic E-state index is 12.3. The molecule has 1 unspecified atom stereocenters. The molecule has 3 rings (SSSR count). The van der Waals surface area contributed by atoms with Gasteiger partial charge in [-0.1, -0.05) is 0 Å². The summed E-state index contributed by atoms with van der Waals surface area (Å²) < 4.78 is 10.3. The Bertz CT molecular complexity index is 604. The molecule has 2 aromatic heterocycles. The first kappa shape index (κ1) is 13.5. The van der Waals surface area contributed by atoms with Gasteiger partial charge in [0.15, 0.2) is 5.76 Å². The van der Waals surface area contributed by atoms with Crippen LogP contribution >= 0.6 is 0 Å². The van der Waals surface area contributed by atoms with E-state index in [1.165, 1.54) is 6.26 Å². The molecule has 0 bridgehead atoms. The number of carbonyl (C=O) groups is 2. The minimum absolute atomic E-state index is 0.163. The molecule has 0 saturated carbocycles. The Kier molecular flexibility index (Phi) is 3.77. The third-order valence-electron chi connectivity index (χ3n) is 3.57. The minimum Gasteiger partial charge on any atom is -0.467 e. The zero-order chi connectivity index (χ0) is 14.7. The van der Waals surface area contributed by atoms with Gasteiger partial charge in [0.1, 0.15) is 11.8 Å². The summed E-state index contributed by atoms with van der Waals surface area (Å²) in [6.45, 7) is 0.892. The Morgan fingerprint density at radius 1 is 1.24 bits per heavy atom. The first-order chi connectivity index (χ1) is 10.3. The van der Waals surface area contributed by atoms with Crippen molar-refractivity contribution < 1.29 is 18.4 Å². The summed E-state index contributed by atoms with van der Waals surface area (Å²) in [7, 11) is 0. The normalized spacial score (nSPS) is 17.9. The Morgan fingerprint density at radius 2 is 2.05 bits per heavy atom. The molecule has 0 aliphatic carbocycles.